The van der Waals surface area contributed by atoms with Crippen molar-refractivity contribution in [2.75, 3.05) is 24.8 Å². The maximum absolute atomic E-state index is 11.6. The Morgan fingerprint density at radius 1 is 1.35 bits per heavy atom. The third-order valence-corrected chi connectivity index (χ3v) is 5.69. The van der Waals surface area contributed by atoms with Crippen LogP contribution < -0.4 is 10.6 Å². The minimum atomic E-state index is -3.32. The van der Waals surface area contributed by atoms with Crippen molar-refractivity contribution in [1.82, 2.24) is 10.6 Å². The van der Waals surface area contributed by atoms with Crippen molar-refractivity contribution in [3.8, 4) is 0 Å². The Morgan fingerprint density at radius 2 is 1.90 bits per heavy atom. The fourth-order valence-corrected chi connectivity index (χ4v) is 1.93. The van der Waals surface area contributed by atoms with E-state index in [2.05, 4.69) is 10.6 Å². The van der Waals surface area contributed by atoms with Gasteiger partial charge in [-0.2, -0.15) is 11.8 Å². The number of urea groups is 1. The van der Waals surface area contributed by atoms with E-state index in [1.165, 1.54) is 25.6 Å². The maximum atomic E-state index is 11.6. The molecular weight excluding hydrogens is 304 g/mol. The molecule has 0 bridgehead atoms. The Balaban J connectivity index is 4.45. The molecule has 9 heteroatoms. The van der Waals surface area contributed by atoms with Gasteiger partial charge in [-0.1, -0.05) is 0 Å². The summed E-state index contributed by atoms with van der Waals surface area (Å²) < 4.78 is 21.8. The molecule has 0 saturated heterocycles. The molecule has 1 atom stereocenters. The van der Waals surface area contributed by atoms with Gasteiger partial charge in [-0.15, -0.1) is 0 Å². The molecule has 7 nitrogen and oxygen atoms in total. The van der Waals surface area contributed by atoms with Crippen molar-refractivity contribution in [2.45, 2.75) is 31.1 Å². The zero-order chi connectivity index (χ0) is 16.0. The van der Waals surface area contributed by atoms with E-state index in [9.17, 15) is 18.0 Å². The first-order chi connectivity index (χ1) is 9.01. The third kappa shape index (κ3) is 6.47. The lowest BCUT2D eigenvalue weighted by atomic mass is 10.2. The number of rotatable bonds is 8. The number of carbonyl (C=O) groups is 2. The van der Waals surface area contributed by atoms with Crippen molar-refractivity contribution in [3.05, 3.63) is 0 Å². The Hall–Kier alpha value is -0.960. The molecule has 0 heterocycles. The molecule has 0 radical (unpaired) electrons. The van der Waals surface area contributed by atoms with Crippen LogP contribution in [-0.4, -0.2) is 61.1 Å². The van der Waals surface area contributed by atoms with Gasteiger partial charge in [-0.25, -0.2) is 18.0 Å². The predicted molar refractivity (Wildman–Crippen MR) is 79.9 cm³/mol. The quantitative estimate of drug-likeness (QED) is 0.592. The summed E-state index contributed by atoms with van der Waals surface area (Å²) in [5.41, 5.74) is 0. The summed E-state index contributed by atoms with van der Waals surface area (Å²) in [5, 5.41) is 13.7. The second-order valence-corrected chi connectivity index (χ2v) is 8.67. The lowest BCUT2D eigenvalue weighted by molar-refractivity contribution is -0.139. The van der Waals surface area contributed by atoms with Crippen LogP contribution in [0.2, 0.25) is 0 Å². The molecular formula is C11H22N2O5S2. The van der Waals surface area contributed by atoms with Gasteiger partial charge in [-0.05, 0) is 32.3 Å². The molecule has 2 amide bonds. The van der Waals surface area contributed by atoms with Crippen LogP contribution in [0.4, 0.5) is 4.79 Å². The summed E-state index contributed by atoms with van der Waals surface area (Å²) in [6.07, 6.45) is 3.23. The number of carboxylic acids is 1. The van der Waals surface area contributed by atoms with Crippen molar-refractivity contribution >= 4 is 33.6 Å². The number of sulfone groups is 1. The number of aliphatic carboxylic acids is 1. The maximum Gasteiger partial charge on any atom is 0.326 e. The van der Waals surface area contributed by atoms with Crippen LogP contribution in [0.15, 0.2) is 0 Å². The summed E-state index contributed by atoms with van der Waals surface area (Å²) >= 11 is 1.48. The first kappa shape index (κ1) is 19.0. The summed E-state index contributed by atoms with van der Waals surface area (Å²) in [7, 11) is -3.32. The molecule has 0 aliphatic heterocycles. The smallest absolute Gasteiger partial charge is 0.326 e. The van der Waals surface area contributed by atoms with Crippen molar-refractivity contribution in [1.29, 1.82) is 0 Å². The third-order valence-electron chi connectivity index (χ3n) is 2.89. The number of hydrogen-bond acceptors (Lipinski definition) is 5. The van der Waals surface area contributed by atoms with E-state index in [0.29, 0.717) is 12.2 Å². The average molecular weight is 326 g/mol. The highest BCUT2D eigenvalue weighted by Gasteiger charge is 2.31. The van der Waals surface area contributed by atoms with Gasteiger partial charge in [0.05, 0.1) is 4.75 Å². The summed E-state index contributed by atoms with van der Waals surface area (Å²) in [6, 6.07) is -1.67. The molecule has 0 aromatic heterocycles. The first-order valence-electron chi connectivity index (χ1n) is 5.97. The fourth-order valence-electron chi connectivity index (χ4n) is 1.13. The SMILES string of the molecule is CSCCC(NC(=O)NCC(C)(C)S(C)(=O)=O)C(=O)O. The zero-order valence-electron chi connectivity index (χ0n) is 12.1. The zero-order valence-corrected chi connectivity index (χ0v) is 13.7. The van der Waals surface area contributed by atoms with Crippen LogP contribution >= 0.6 is 11.8 Å². The van der Waals surface area contributed by atoms with E-state index in [-0.39, 0.29) is 6.54 Å². The largest absolute Gasteiger partial charge is 0.480 e. The number of carbonyl (C=O) groups excluding carboxylic acids is 1. The van der Waals surface area contributed by atoms with Crippen molar-refractivity contribution < 1.29 is 23.1 Å². The predicted octanol–water partition coefficient (Wildman–Crippen LogP) is 0.315. The van der Waals surface area contributed by atoms with Gasteiger partial charge >= 0.3 is 12.0 Å². The first-order valence-corrected chi connectivity index (χ1v) is 9.25. The van der Waals surface area contributed by atoms with E-state index in [1.54, 1.807) is 0 Å². The highest BCUT2D eigenvalue weighted by Crippen LogP contribution is 2.13. The topological polar surface area (TPSA) is 113 Å². The standard InChI is InChI=1S/C11H22N2O5S2/c1-11(2,20(4,17)18)7-12-10(16)13-8(9(14)15)5-6-19-3/h8H,5-7H2,1-4H3,(H,14,15)(H2,12,13,16). The minimum absolute atomic E-state index is 0.0907. The molecule has 0 fully saturated rings. The minimum Gasteiger partial charge on any atom is -0.480 e. The second kappa shape index (κ2) is 7.72. The fraction of sp³-hybridized carbons (Fsp3) is 0.818. The van der Waals surface area contributed by atoms with Gasteiger partial charge < -0.3 is 15.7 Å². The number of carboxylic acid groups (broad SMARTS) is 1. The van der Waals surface area contributed by atoms with Crippen LogP contribution in [0.3, 0.4) is 0 Å². The number of hydrogen-bond donors (Lipinski definition) is 3. The van der Waals surface area contributed by atoms with E-state index < -0.39 is 32.6 Å². The Labute approximate surface area is 123 Å². The summed E-state index contributed by atoms with van der Waals surface area (Å²) in [6.45, 7) is 2.89. The molecule has 0 aliphatic rings. The molecule has 0 aromatic carbocycles. The molecule has 0 rings (SSSR count). The molecule has 1 unspecified atom stereocenters. The molecule has 118 valence electrons. The molecule has 0 saturated carbocycles. The molecule has 0 aromatic rings. The van der Waals surface area contributed by atoms with Gasteiger partial charge in [0.15, 0.2) is 9.84 Å². The summed E-state index contributed by atoms with van der Waals surface area (Å²) in [5.74, 6) is -0.511. The lowest BCUT2D eigenvalue weighted by Gasteiger charge is -2.23. The number of amides is 2. The Bertz CT molecular complexity index is 448. The normalized spacial score (nSPS) is 13.6. The van der Waals surface area contributed by atoms with Gasteiger partial charge in [-0.3, -0.25) is 0 Å². The monoisotopic (exact) mass is 326 g/mol. The van der Waals surface area contributed by atoms with Gasteiger partial charge in [0.2, 0.25) is 0 Å². The van der Waals surface area contributed by atoms with Crippen LogP contribution in [-0.2, 0) is 14.6 Å². The Kier molecular flexibility index (Phi) is 7.35. The Morgan fingerprint density at radius 3 is 2.30 bits per heavy atom. The van der Waals surface area contributed by atoms with Gasteiger partial charge in [0, 0.05) is 12.8 Å². The highest BCUT2D eigenvalue weighted by atomic mass is 32.2. The number of nitrogens with one attached hydrogen (secondary N) is 2. The van der Waals surface area contributed by atoms with Crippen molar-refractivity contribution in [3.63, 3.8) is 0 Å². The second-order valence-electron chi connectivity index (χ2n) is 5.03. The summed E-state index contributed by atoms with van der Waals surface area (Å²) in [4.78, 5) is 22.6. The van der Waals surface area contributed by atoms with E-state index >= 15 is 0 Å². The highest BCUT2D eigenvalue weighted by molar-refractivity contribution is 7.98. The van der Waals surface area contributed by atoms with Crippen LogP contribution in [0.1, 0.15) is 20.3 Å². The van der Waals surface area contributed by atoms with E-state index in [1.807, 2.05) is 6.26 Å². The molecule has 20 heavy (non-hydrogen) atoms. The van der Waals surface area contributed by atoms with Crippen LogP contribution in [0.25, 0.3) is 0 Å². The average Bonchev–Trinajstić information content (AvgIpc) is 2.30. The van der Waals surface area contributed by atoms with Crippen LogP contribution in [0.5, 0.6) is 0 Å². The van der Waals surface area contributed by atoms with Crippen molar-refractivity contribution in [2.24, 2.45) is 0 Å². The van der Waals surface area contributed by atoms with Crippen LogP contribution in [0, 0.1) is 0 Å². The van der Waals surface area contributed by atoms with Gasteiger partial charge in [0.25, 0.3) is 0 Å². The van der Waals surface area contributed by atoms with E-state index in [0.717, 1.165) is 6.26 Å². The van der Waals surface area contributed by atoms with Gasteiger partial charge in [0.1, 0.15) is 6.04 Å². The van der Waals surface area contributed by atoms with E-state index in [4.69, 9.17) is 5.11 Å². The molecule has 0 spiro atoms. The molecule has 0 aliphatic carbocycles. The lowest BCUT2D eigenvalue weighted by Crippen LogP contribution is -2.51. The molecule has 3 N–H and O–H groups in total. The number of thioether (sulfide) groups is 1.